The maximum Gasteiger partial charge on any atom is 0.408 e. The molecule has 0 spiro atoms. The Morgan fingerprint density at radius 2 is 1.93 bits per heavy atom. The molecule has 1 heterocycles. The van der Waals surface area contributed by atoms with E-state index in [0.717, 1.165) is 0 Å². The van der Waals surface area contributed by atoms with Crippen molar-refractivity contribution in [2.24, 2.45) is 5.92 Å². The molecule has 0 fully saturated rings. The Labute approximate surface area is 158 Å². The van der Waals surface area contributed by atoms with Crippen molar-refractivity contribution in [3.8, 4) is 11.8 Å². The average molecular weight is 383 g/mol. The normalized spacial score (nSPS) is 13.8. The summed E-state index contributed by atoms with van der Waals surface area (Å²) in [6.45, 7) is 10.9. The smallest absolute Gasteiger partial charge is 0.408 e. The van der Waals surface area contributed by atoms with Gasteiger partial charge in [0.05, 0.1) is 5.54 Å². The average Bonchev–Trinajstić information content (AvgIpc) is 2.49. The number of rotatable bonds is 7. The molecule has 0 aliphatic heterocycles. The number of carbonyl (C=O) groups excluding carboxylic acids is 1. The second kappa shape index (κ2) is 8.98. The van der Waals surface area contributed by atoms with Crippen molar-refractivity contribution in [3.63, 3.8) is 0 Å². The van der Waals surface area contributed by atoms with Crippen LogP contribution in [0, 0.1) is 17.2 Å². The van der Waals surface area contributed by atoms with E-state index in [1.807, 2.05) is 13.8 Å². The molecule has 0 saturated heterocycles. The van der Waals surface area contributed by atoms with Crippen molar-refractivity contribution in [2.45, 2.75) is 65.5 Å². The third-order valence-electron chi connectivity index (χ3n) is 3.41. The van der Waals surface area contributed by atoms with Gasteiger partial charge < -0.3 is 14.8 Å². The molecule has 1 aromatic heterocycles. The molecule has 1 rings (SSSR count). The van der Waals surface area contributed by atoms with Crippen LogP contribution in [-0.2, 0) is 4.74 Å². The number of alkyl halides is 2. The molecular formula is C19H27F2N3O3. The van der Waals surface area contributed by atoms with Crippen molar-refractivity contribution < 1.29 is 23.0 Å². The van der Waals surface area contributed by atoms with E-state index in [2.05, 4.69) is 10.3 Å². The second-order valence-electron chi connectivity index (χ2n) is 8.07. The van der Waals surface area contributed by atoms with Gasteiger partial charge in [0.1, 0.15) is 35.4 Å². The second-order valence-corrected chi connectivity index (χ2v) is 8.07. The van der Waals surface area contributed by atoms with E-state index in [1.165, 1.54) is 12.1 Å². The van der Waals surface area contributed by atoms with Crippen LogP contribution < -0.4 is 10.1 Å². The predicted molar refractivity (Wildman–Crippen MR) is 96.6 cm³/mol. The molecule has 8 heteroatoms. The fourth-order valence-electron chi connectivity index (χ4n) is 2.64. The maximum absolute atomic E-state index is 13.2. The summed E-state index contributed by atoms with van der Waals surface area (Å²) in [4.78, 5) is 15.8. The molecule has 0 aliphatic carbocycles. The molecule has 0 aliphatic rings. The molecule has 6 nitrogen and oxygen atoms in total. The number of halogens is 2. The Morgan fingerprint density at radius 1 is 1.30 bits per heavy atom. The van der Waals surface area contributed by atoms with Gasteiger partial charge in [-0.15, -0.1) is 0 Å². The molecule has 1 atom stereocenters. The molecule has 0 aromatic carbocycles. The maximum atomic E-state index is 13.2. The Kier molecular flexibility index (Phi) is 7.52. The lowest BCUT2D eigenvalue weighted by molar-refractivity contribution is 0.0404. The molecule has 1 N–H and O–H groups in total. The topological polar surface area (TPSA) is 84.2 Å². The Balaban J connectivity index is 2.98. The van der Waals surface area contributed by atoms with Gasteiger partial charge in [0.2, 0.25) is 0 Å². The lowest BCUT2D eigenvalue weighted by Crippen LogP contribution is -2.52. The summed E-state index contributed by atoms with van der Waals surface area (Å²) in [6.07, 6.45) is -2.95. The zero-order valence-corrected chi connectivity index (χ0v) is 16.6. The van der Waals surface area contributed by atoms with Gasteiger partial charge in [0.15, 0.2) is 0 Å². The summed E-state index contributed by atoms with van der Waals surface area (Å²) in [5, 5.41) is 11.6. The Hall–Kier alpha value is -2.43. The first kappa shape index (κ1) is 22.6. The zero-order valence-electron chi connectivity index (χ0n) is 16.6. The zero-order chi connectivity index (χ0) is 20.8. The van der Waals surface area contributed by atoms with Gasteiger partial charge in [-0.1, -0.05) is 13.8 Å². The van der Waals surface area contributed by atoms with Crippen LogP contribution in [0.1, 0.15) is 65.8 Å². The summed E-state index contributed by atoms with van der Waals surface area (Å²) in [5.41, 5.74) is -2.22. The molecule has 0 saturated carbocycles. The minimum Gasteiger partial charge on any atom is -0.489 e. The van der Waals surface area contributed by atoms with Gasteiger partial charge in [0.25, 0.3) is 6.43 Å². The van der Waals surface area contributed by atoms with Crippen molar-refractivity contribution >= 4 is 6.09 Å². The van der Waals surface area contributed by atoms with Gasteiger partial charge in [0, 0.05) is 0 Å². The number of carbonyl (C=O) groups is 1. The summed E-state index contributed by atoms with van der Waals surface area (Å²) in [6, 6.07) is 4.32. The SMILES string of the molecule is CC(C)C[C@@](C)(COc1ccc(C#N)nc1C(F)F)NC(=O)OC(C)(C)C. The van der Waals surface area contributed by atoms with Crippen molar-refractivity contribution in [1.29, 1.82) is 5.26 Å². The number of hydrogen-bond acceptors (Lipinski definition) is 5. The van der Waals surface area contributed by atoms with E-state index in [9.17, 15) is 13.6 Å². The lowest BCUT2D eigenvalue weighted by atomic mass is 9.91. The van der Waals surface area contributed by atoms with Gasteiger partial charge in [-0.05, 0) is 52.2 Å². The largest absolute Gasteiger partial charge is 0.489 e. The van der Waals surface area contributed by atoms with Crippen LogP contribution in [0.5, 0.6) is 5.75 Å². The number of pyridine rings is 1. The summed E-state index contributed by atoms with van der Waals surface area (Å²) >= 11 is 0. The Morgan fingerprint density at radius 3 is 2.41 bits per heavy atom. The highest BCUT2D eigenvalue weighted by molar-refractivity contribution is 5.68. The highest BCUT2D eigenvalue weighted by Gasteiger charge is 2.31. The fourth-order valence-corrected chi connectivity index (χ4v) is 2.64. The van der Waals surface area contributed by atoms with Gasteiger partial charge in [-0.25, -0.2) is 18.6 Å². The Bertz CT molecular complexity index is 696. The number of amides is 1. The number of alkyl carbamates (subject to hydrolysis) is 1. The fraction of sp³-hybridized carbons (Fsp3) is 0.632. The number of hydrogen-bond donors (Lipinski definition) is 1. The number of ether oxygens (including phenoxy) is 2. The van der Waals surface area contributed by atoms with Crippen LogP contribution in [0.3, 0.4) is 0 Å². The van der Waals surface area contributed by atoms with E-state index in [-0.39, 0.29) is 24.0 Å². The van der Waals surface area contributed by atoms with E-state index in [0.29, 0.717) is 6.42 Å². The van der Waals surface area contributed by atoms with Gasteiger partial charge in [-0.2, -0.15) is 5.26 Å². The third-order valence-corrected chi connectivity index (χ3v) is 3.41. The first-order valence-corrected chi connectivity index (χ1v) is 8.68. The minimum absolute atomic E-state index is 0.0578. The highest BCUT2D eigenvalue weighted by Crippen LogP contribution is 2.29. The quantitative estimate of drug-likeness (QED) is 0.744. The van der Waals surface area contributed by atoms with Crippen LogP contribution >= 0.6 is 0 Å². The first-order chi connectivity index (χ1) is 12.3. The molecule has 0 unspecified atom stereocenters. The predicted octanol–water partition coefficient (Wildman–Crippen LogP) is 4.60. The van der Waals surface area contributed by atoms with Crippen LogP contribution in [0.15, 0.2) is 12.1 Å². The summed E-state index contributed by atoms with van der Waals surface area (Å²) < 4.78 is 37.3. The molecule has 27 heavy (non-hydrogen) atoms. The standard InChI is InChI=1S/C19H27F2N3O3/c1-12(2)9-19(6,24-17(25)27-18(3,4)5)11-26-14-8-7-13(10-22)23-15(14)16(20)21/h7-8,12,16H,9,11H2,1-6H3,(H,24,25)/t19-/m0/s1. The first-order valence-electron chi connectivity index (χ1n) is 8.68. The van der Waals surface area contributed by atoms with Gasteiger partial charge >= 0.3 is 6.09 Å². The van der Waals surface area contributed by atoms with Crippen LogP contribution in [0.25, 0.3) is 0 Å². The summed E-state index contributed by atoms with van der Waals surface area (Å²) in [7, 11) is 0. The number of nitrogens with one attached hydrogen (secondary N) is 1. The van der Waals surface area contributed by atoms with Gasteiger partial charge in [-0.3, -0.25) is 0 Å². The molecular weight excluding hydrogens is 356 g/mol. The highest BCUT2D eigenvalue weighted by atomic mass is 19.3. The van der Waals surface area contributed by atoms with Crippen molar-refractivity contribution in [3.05, 3.63) is 23.5 Å². The van der Waals surface area contributed by atoms with Crippen LogP contribution in [0.2, 0.25) is 0 Å². The molecule has 0 radical (unpaired) electrons. The van der Waals surface area contributed by atoms with Crippen molar-refractivity contribution in [1.82, 2.24) is 10.3 Å². The lowest BCUT2D eigenvalue weighted by Gasteiger charge is -2.33. The molecule has 0 bridgehead atoms. The van der Waals surface area contributed by atoms with Crippen LogP contribution in [-0.4, -0.2) is 28.8 Å². The molecule has 1 aromatic rings. The van der Waals surface area contributed by atoms with E-state index in [1.54, 1.807) is 33.8 Å². The van der Waals surface area contributed by atoms with E-state index < -0.39 is 29.4 Å². The third kappa shape index (κ3) is 7.77. The molecule has 150 valence electrons. The number of aromatic nitrogens is 1. The van der Waals surface area contributed by atoms with Crippen LogP contribution in [0.4, 0.5) is 13.6 Å². The molecule has 1 amide bonds. The number of nitriles is 1. The monoisotopic (exact) mass is 383 g/mol. The van der Waals surface area contributed by atoms with Crippen molar-refractivity contribution in [2.75, 3.05) is 6.61 Å². The number of nitrogens with zero attached hydrogens (tertiary/aromatic N) is 2. The van der Waals surface area contributed by atoms with E-state index in [4.69, 9.17) is 14.7 Å². The minimum atomic E-state index is -2.89. The van der Waals surface area contributed by atoms with E-state index >= 15 is 0 Å². The summed E-state index contributed by atoms with van der Waals surface area (Å²) in [5.74, 6) is 0.0900.